The van der Waals surface area contributed by atoms with Gasteiger partial charge in [0.25, 0.3) is 5.89 Å². The van der Waals surface area contributed by atoms with Gasteiger partial charge in [-0.05, 0) is 31.5 Å². The minimum Gasteiger partial charge on any atom is -0.483 e. The number of rotatable bonds is 5. The fraction of sp³-hybridized carbons (Fsp3) is 0.278. The van der Waals surface area contributed by atoms with Gasteiger partial charge < -0.3 is 9.26 Å². The van der Waals surface area contributed by atoms with Crippen molar-refractivity contribution in [2.24, 2.45) is 0 Å². The molecule has 1 aromatic carbocycles. The molecule has 3 rings (SSSR count). The van der Waals surface area contributed by atoms with Gasteiger partial charge in [-0.1, -0.05) is 30.3 Å². The van der Waals surface area contributed by atoms with E-state index in [4.69, 9.17) is 9.26 Å². The number of nitrogens with zero attached hydrogens (tertiary/aromatic N) is 3. The predicted molar refractivity (Wildman–Crippen MR) is 87.2 cm³/mol. The monoisotopic (exact) mass is 309 g/mol. The molecule has 0 spiro atoms. The summed E-state index contributed by atoms with van der Waals surface area (Å²) in [6.45, 7) is 6.27. The zero-order valence-corrected chi connectivity index (χ0v) is 13.5. The summed E-state index contributed by atoms with van der Waals surface area (Å²) in [5, 5.41) is 3.88. The van der Waals surface area contributed by atoms with Crippen LogP contribution < -0.4 is 4.74 Å². The van der Waals surface area contributed by atoms with Gasteiger partial charge in [0.2, 0.25) is 0 Å². The standard InChI is InChI=1S/C18H19N3O2/c1-4-17-20-18(23-21-17)11-22-16-10-12(2)7-8-15(16)14-6-5-9-19-13(14)3/h5-10H,4,11H2,1-3H3. The predicted octanol–water partition coefficient (Wildman–Crippen LogP) is 3.89. The van der Waals surface area contributed by atoms with Crippen molar-refractivity contribution in [2.75, 3.05) is 0 Å². The van der Waals surface area contributed by atoms with Crippen LogP contribution in [-0.2, 0) is 13.0 Å². The number of pyridine rings is 1. The molecule has 118 valence electrons. The molecule has 2 aromatic heterocycles. The van der Waals surface area contributed by atoms with Crippen molar-refractivity contribution in [1.82, 2.24) is 15.1 Å². The average molecular weight is 309 g/mol. The van der Waals surface area contributed by atoms with E-state index in [1.165, 1.54) is 0 Å². The molecule has 0 fully saturated rings. The van der Waals surface area contributed by atoms with Crippen molar-refractivity contribution in [3.8, 4) is 16.9 Å². The highest BCUT2D eigenvalue weighted by molar-refractivity contribution is 5.72. The first-order chi connectivity index (χ1) is 11.2. The number of aromatic nitrogens is 3. The van der Waals surface area contributed by atoms with Gasteiger partial charge in [0.1, 0.15) is 5.75 Å². The molecule has 0 saturated heterocycles. The smallest absolute Gasteiger partial charge is 0.264 e. The summed E-state index contributed by atoms with van der Waals surface area (Å²) in [7, 11) is 0. The summed E-state index contributed by atoms with van der Waals surface area (Å²) in [4.78, 5) is 8.63. The normalized spacial score (nSPS) is 10.7. The van der Waals surface area contributed by atoms with E-state index in [0.29, 0.717) is 11.7 Å². The van der Waals surface area contributed by atoms with E-state index < -0.39 is 0 Å². The Hall–Kier alpha value is -2.69. The van der Waals surface area contributed by atoms with Crippen molar-refractivity contribution in [1.29, 1.82) is 0 Å². The maximum atomic E-state index is 5.95. The minimum atomic E-state index is 0.253. The zero-order chi connectivity index (χ0) is 16.2. The molecular formula is C18H19N3O2. The third-order valence-electron chi connectivity index (χ3n) is 3.61. The second-order valence-corrected chi connectivity index (χ2v) is 5.38. The lowest BCUT2D eigenvalue weighted by Gasteiger charge is -2.12. The molecule has 0 N–H and O–H groups in total. The van der Waals surface area contributed by atoms with Crippen LogP contribution in [0.5, 0.6) is 5.75 Å². The zero-order valence-electron chi connectivity index (χ0n) is 13.5. The maximum Gasteiger partial charge on any atom is 0.264 e. The van der Waals surface area contributed by atoms with Crippen LogP contribution in [0.3, 0.4) is 0 Å². The molecule has 0 unspecified atom stereocenters. The maximum absolute atomic E-state index is 5.95. The first-order valence-electron chi connectivity index (χ1n) is 7.64. The summed E-state index contributed by atoms with van der Waals surface area (Å²) < 4.78 is 11.1. The van der Waals surface area contributed by atoms with Crippen LogP contribution in [0.15, 0.2) is 41.1 Å². The quantitative estimate of drug-likeness (QED) is 0.715. The van der Waals surface area contributed by atoms with E-state index in [1.54, 1.807) is 6.20 Å². The highest BCUT2D eigenvalue weighted by Gasteiger charge is 2.12. The topological polar surface area (TPSA) is 61.0 Å². The Kier molecular flexibility index (Phi) is 4.37. The molecule has 0 atom stereocenters. The van der Waals surface area contributed by atoms with Crippen molar-refractivity contribution >= 4 is 0 Å². The van der Waals surface area contributed by atoms with E-state index in [0.717, 1.165) is 34.6 Å². The molecule has 2 heterocycles. The first-order valence-corrected chi connectivity index (χ1v) is 7.64. The first kappa shape index (κ1) is 15.2. The summed E-state index contributed by atoms with van der Waals surface area (Å²) in [6, 6.07) is 10.1. The molecular weight excluding hydrogens is 290 g/mol. The van der Waals surface area contributed by atoms with Crippen LogP contribution in [0.25, 0.3) is 11.1 Å². The van der Waals surface area contributed by atoms with Crippen molar-refractivity contribution in [3.63, 3.8) is 0 Å². The van der Waals surface area contributed by atoms with E-state index >= 15 is 0 Å². The average Bonchev–Trinajstić information content (AvgIpc) is 3.02. The SMILES string of the molecule is CCc1noc(COc2cc(C)ccc2-c2cccnc2C)n1. The van der Waals surface area contributed by atoms with E-state index in [1.807, 2.05) is 39.0 Å². The number of ether oxygens (including phenoxy) is 1. The van der Waals surface area contributed by atoms with Crippen molar-refractivity contribution < 1.29 is 9.26 Å². The van der Waals surface area contributed by atoms with Gasteiger partial charge in [-0.15, -0.1) is 0 Å². The number of benzene rings is 1. The van der Waals surface area contributed by atoms with E-state index in [9.17, 15) is 0 Å². The molecule has 0 amide bonds. The Labute approximate surface area is 135 Å². The second-order valence-electron chi connectivity index (χ2n) is 5.38. The molecule has 0 bridgehead atoms. The second kappa shape index (κ2) is 6.60. The van der Waals surface area contributed by atoms with Crippen LogP contribution in [0.2, 0.25) is 0 Å². The van der Waals surface area contributed by atoms with Crippen molar-refractivity contribution in [2.45, 2.75) is 33.8 Å². The van der Waals surface area contributed by atoms with Gasteiger partial charge in [0, 0.05) is 29.4 Å². The Bertz CT molecular complexity index is 812. The fourth-order valence-electron chi connectivity index (χ4n) is 2.37. The van der Waals surface area contributed by atoms with Crippen LogP contribution in [-0.4, -0.2) is 15.1 Å². The lowest BCUT2D eigenvalue weighted by Crippen LogP contribution is -1.99. The Morgan fingerprint density at radius 2 is 2.00 bits per heavy atom. The molecule has 5 heteroatoms. The summed E-state index contributed by atoms with van der Waals surface area (Å²) >= 11 is 0. The van der Waals surface area contributed by atoms with Crippen LogP contribution in [0.4, 0.5) is 0 Å². The molecule has 0 aliphatic rings. The lowest BCUT2D eigenvalue weighted by molar-refractivity contribution is 0.243. The van der Waals surface area contributed by atoms with Crippen LogP contribution >= 0.6 is 0 Å². The highest BCUT2D eigenvalue weighted by Crippen LogP contribution is 2.32. The third-order valence-corrected chi connectivity index (χ3v) is 3.61. The van der Waals surface area contributed by atoms with Gasteiger partial charge in [0.15, 0.2) is 12.4 Å². The Morgan fingerprint density at radius 1 is 1.13 bits per heavy atom. The molecule has 0 saturated carbocycles. The number of aryl methyl sites for hydroxylation is 3. The van der Waals surface area contributed by atoms with Gasteiger partial charge in [0.05, 0.1) is 0 Å². The number of hydrogen-bond donors (Lipinski definition) is 0. The largest absolute Gasteiger partial charge is 0.483 e. The summed E-state index contributed by atoms with van der Waals surface area (Å²) in [5.41, 5.74) is 4.16. The van der Waals surface area contributed by atoms with Crippen molar-refractivity contribution in [3.05, 3.63) is 59.5 Å². The fourth-order valence-corrected chi connectivity index (χ4v) is 2.37. The molecule has 0 radical (unpaired) electrons. The molecule has 5 nitrogen and oxygen atoms in total. The molecule has 0 aliphatic heterocycles. The van der Waals surface area contributed by atoms with Crippen LogP contribution in [0, 0.1) is 13.8 Å². The van der Waals surface area contributed by atoms with E-state index in [2.05, 4.69) is 27.3 Å². The van der Waals surface area contributed by atoms with E-state index in [-0.39, 0.29) is 6.61 Å². The number of hydrogen-bond acceptors (Lipinski definition) is 5. The van der Waals surface area contributed by atoms with Gasteiger partial charge in [-0.2, -0.15) is 4.98 Å². The third kappa shape index (κ3) is 3.39. The lowest BCUT2D eigenvalue weighted by atomic mass is 10.0. The van der Waals surface area contributed by atoms with Gasteiger partial charge in [-0.3, -0.25) is 4.98 Å². The Balaban J connectivity index is 1.89. The Morgan fingerprint density at radius 3 is 2.74 bits per heavy atom. The molecule has 3 aromatic rings. The summed E-state index contributed by atoms with van der Waals surface area (Å²) in [6.07, 6.45) is 2.53. The minimum absolute atomic E-state index is 0.253. The van der Waals surface area contributed by atoms with Gasteiger partial charge >= 0.3 is 0 Å². The molecule has 0 aliphatic carbocycles. The van der Waals surface area contributed by atoms with Crippen LogP contribution in [0.1, 0.15) is 29.9 Å². The highest BCUT2D eigenvalue weighted by atomic mass is 16.5. The summed E-state index contributed by atoms with van der Waals surface area (Å²) in [5.74, 6) is 1.96. The van der Waals surface area contributed by atoms with Gasteiger partial charge in [-0.25, -0.2) is 0 Å². The molecule has 23 heavy (non-hydrogen) atoms.